The molecule has 3 saturated heterocycles. The molecule has 1 amide bonds. The molecular weight excluding hydrogens is 270 g/mol. The van der Waals surface area contributed by atoms with Crippen molar-refractivity contribution >= 4 is 5.91 Å². The quantitative estimate of drug-likeness (QED) is 0.851. The molecule has 3 fully saturated rings. The standard InChI is InChI=1S/C14H21N5O2/c20-14(19-8-7-18-6-2-3-10(18)9-19)12-16-13(21-17-12)11-4-1-5-15-11/h10-11,15H,1-9H2. The Morgan fingerprint density at radius 1 is 1.24 bits per heavy atom. The summed E-state index contributed by atoms with van der Waals surface area (Å²) < 4.78 is 5.27. The van der Waals surface area contributed by atoms with Crippen LogP contribution in [0.4, 0.5) is 0 Å². The number of carbonyl (C=O) groups is 1. The van der Waals surface area contributed by atoms with Crippen molar-refractivity contribution in [3.05, 3.63) is 11.7 Å². The lowest BCUT2D eigenvalue weighted by Crippen LogP contribution is -2.52. The summed E-state index contributed by atoms with van der Waals surface area (Å²) in [5, 5.41) is 7.20. The van der Waals surface area contributed by atoms with Gasteiger partial charge in [0.25, 0.3) is 11.7 Å². The molecule has 0 spiro atoms. The predicted molar refractivity (Wildman–Crippen MR) is 74.8 cm³/mol. The summed E-state index contributed by atoms with van der Waals surface area (Å²) in [5.74, 6) is 0.676. The van der Waals surface area contributed by atoms with Gasteiger partial charge in [0, 0.05) is 25.7 Å². The first-order chi connectivity index (χ1) is 10.3. The van der Waals surface area contributed by atoms with Crippen molar-refractivity contribution in [3.63, 3.8) is 0 Å². The largest absolute Gasteiger partial charge is 0.337 e. The molecule has 0 bridgehead atoms. The molecule has 1 aromatic heterocycles. The highest BCUT2D eigenvalue weighted by molar-refractivity contribution is 5.90. The molecule has 0 radical (unpaired) electrons. The van der Waals surface area contributed by atoms with E-state index in [9.17, 15) is 4.79 Å². The van der Waals surface area contributed by atoms with E-state index in [0.717, 1.165) is 39.0 Å². The first-order valence-electron chi connectivity index (χ1n) is 7.91. The zero-order valence-electron chi connectivity index (χ0n) is 12.1. The van der Waals surface area contributed by atoms with Crippen LogP contribution >= 0.6 is 0 Å². The summed E-state index contributed by atoms with van der Waals surface area (Å²) in [4.78, 5) is 21.2. The average molecular weight is 291 g/mol. The molecule has 2 atom stereocenters. The van der Waals surface area contributed by atoms with Gasteiger partial charge in [-0.3, -0.25) is 9.69 Å². The monoisotopic (exact) mass is 291 g/mol. The average Bonchev–Trinajstić information content (AvgIpc) is 3.24. The SMILES string of the molecule is O=C(c1noc(C2CCCN2)n1)N1CCN2CCCC2C1. The lowest BCUT2D eigenvalue weighted by atomic mass is 10.1. The molecule has 21 heavy (non-hydrogen) atoms. The maximum atomic E-state index is 12.5. The van der Waals surface area contributed by atoms with Crippen LogP contribution in [0.5, 0.6) is 0 Å². The van der Waals surface area contributed by atoms with E-state index in [4.69, 9.17) is 4.52 Å². The van der Waals surface area contributed by atoms with Crippen LogP contribution < -0.4 is 5.32 Å². The van der Waals surface area contributed by atoms with E-state index in [0.29, 0.717) is 11.9 Å². The minimum Gasteiger partial charge on any atom is -0.337 e. The third-order valence-corrected chi connectivity index (χ3v) is 4.87. The van der Waals surface area contributed by atoms with Gasteiger partial charge in [-0.2, -0.15) is 4.98 Å². The number of piperazine rings is 1. The summed E-state index contributed by atoms with van der Waals surface area (Å²) in [6, 6.07) is 0.635. The zero-order valence-corrected chi connectivity index (χ0v) is 12.1. The van der Waals surface area contributed by atoms with E-state index < -0.39 is 0 Å². The highest BCUT2D eigenvalue weighted by Crippen LogP contribution is 2.24. The molecule has 0 aliphatic carbocycles. The van der Waals surface area contributed by atoms with Crippen molar-refractivity contribution in [1.29, 1.82) is 0 Å². The fraction of sp³-hybridized carbons (Fsp3) is 0.786. The van der Waals surface area contributed by atoms with Crippen LogP contribution in [-0.2, 0) is 0 Å². The van der Waals surface area contributed by atoms with Crippen molar-refractivity contribution in [2.75, 3.05) is 32.7 Å². The van der Waals surface area contributed by atoms with Gasteiger partial charge in [0.1, 0.15) is 0 Å². The first kappa shape index (κ1) is 13.2. The number of carbonyl (C=O) groups excluding carboxylic acids is 1. The van der Waals surface area contributed by atoms with Gasteiger partial charge in [-0.15, -0.1) is 0 Å². The van der Waals surface area contributed by atoms with Gasteiger partial charge in [-0.05, 0) is 38.8 Å². The fourth-order valence-electron chi connectivity index (χ4n) is 3.68. The number of fused-ring (bicyclic) bond motifs is 1. The van der Waals surface area contributed by atoms with Crippen molar-refractivity contribution in [2.45, 2.75) is 37.8 Å². The van der Waals surface area contributed by atoms with E-state index in [1.54, 1.807) is 0 Å². The Balaban J connectivity index is 1.44. The van der Waals surface area contributed by atoms with Crippen molar-refractivity contribution in [1.82, 2.24) is 25.3 Å². The Labute approximate surface area is 123 Å². The van der Waals surface area contributed by atoms with Crippen molar-refractivity contribution < 1.29 is 9.32 Å². The third kappa shape index (κ3) is 2.44. The van der Waals surface area contributed by atoms with Crippen LogP contribution in [0.3, 0.4) is 0 Å². The van der Waals surface area contributed by atoms with Gasteiger partial charge in [-0.25, -0.2) is 0 Å². The number of hydrogen-bond donors (Lipinski definition) is 1. The lowest BCUT2D eigenvalue weighted by molar-refractivity contribution is 0.0557. The minimum absolute atomic E-state index is 0.0884. The van der Waals surface area contributed by atoms with Crippen LogP contribution in [0, 0.1) is 0 Å². The number of aromatic nitrogens is 2. The Morgan fingerprint density at radius 3 is 3.05 bits per heavy atom. The molecule has 4 rings (SSSR count). The zero-order chi connectivity index (χ0) is 14.2. The molecule has 1 N–H and O–H groups in total. The Kier molecular flexibility index (Phi) is 3.39. The number of hydrogen-bond acceptors (Lipinski definition) is 6. The van der Waals surface area contributed by atoms with Crippen LogP contribution in [0.25, 0.3) is 0 Å². The van der Waals surface area contributed by atoms with Crippen molar-refractivity contribution in [2.24, 2.45) is 0 Å². The molecule has 7 nitrogen and oxygen atoms in total. The van der Waals surface area contributed by atoms with Crippen LogP contribution in [-0.4, -0.2) is 64.6 Å². The second-order valence-corrected chi connectivity index (χ2v) is 6.19. The summed E-state index contributed by atoms with van der Waals surface area (Å²) >= 11 is 0. The van der Waals surface area contributed by atoms with Crippen molar-refractivity contribution in [3.8, 4) is 0 Å². The lowest BCUT2D eigenvalue weighted by Gasteiger charge is -2.36. The number of amides is 1. The first-order valence-corrected chi connectivity index (χ1v) is 7.91. The van der Waals surface area contributed by atoms with E-state index in [-0.39, 0.29) is 17.8 Å². The van der Waals surface area contributed by atoms with Crippen LogP contribution in [0.15, 0.2) is 4.52 Å². The van der Waals surface area contributed by atoms with Crippen LogP contribution in [0.2, 0.25) is 0 Å². The number of rotatable bonds is 2. The molecule has 0 aromatic carbocycles. The fourth-order valence-corrected chi connectivity index (χ4v) is 3.68. The summed E-state index contributed by atoms with van der Waals surface area (Å²) in [5.41, 5.74) is 0. The van der Waals surface area contributed by atoms with Gasteiger partial charge in [0.05, 0.1) is 6.04 Å². The molecule has 4 heterocycles. The molecule has 7 heteroatoms. The second kappa shape index (κ2) is 5.38. The highest BCUT2D eigenvalue weighted by atomic mass is 16.5. The summed E-state index contributed by atoms with van der Waals surface area (Å²) in [7, 11) is 0. The summed E-state index contributed by atoms with van der Waals surface area (Å²) in [6.45, 7) is 4.67. The van der Waals surface area contributed by atoms with Gasteiger partial charge in [0.2, 0.25) is 5.89 Å². The van der Waals surface area contributed by atoms with E-state index in [1.165, 1.54) is 19.4 Å². The van der Waals surface area contributed by atoms with Gasteiger partial charge in [-0.1, -0.05) is 5.16 Å². The molecular formula is C14H21N5O2. The van der Waals surface area contributed by atoms with E-state index in [1.807, 2.05) is 4.90 Å². The maximum Gasteiger partial charge on any atom is 0.295 e. The summed E-state index contributed by atoms with van der Waals surface area (Å²) in [6.07, 6.45) is 4.54. The molecule has 114 valence electrons. The molecule has 3 aliphatic heterocycles. The third-order valence-electron chi connectivity index (χ3n) is 4.87. The molecule has 1 aromatic rings. The van der Waals surface area contributed by atoms with Crippen LogP contribution in [0.1, 0.15) is 48.2 Å². The number of nitrogens with one attached hydrogen (secondary N) is 1. The predicted octanol–water partition coefficient (Wildman–Crippen LogP) is 0.414. The highest BCUT2D eigenvalue weighted by Gasteiger charge is 2.34. The Hall–Kier alpha value is -1.47. The van der Waals surface area contributed by atoms with E-state index in [2.05, 4.69) is 20.4 Å². The number of nitrogens with zero attached hydrogens (tertiary/aromatic N) is 4. The normalized spacial score (nSPS) is 29.8. The van der Waals surface area contributed by atoms with E-state index >= 15 is 0 Å². The minimum atomic E-state index is -0.0884. The maximum absolute atomic E-state index is 12.5. The van der Waals surface area contributed by atoms with Gasteiger partial charge < -0.3 is 14.7 Å². The Bertz CT molecular complexity index is 525. The molecule has 3 aliphatic rings. The Morgan fingerprint density at radius 2 is 2.19 bits per heavy atom. The molecule has 2 unspecified atom stereocenters. The second-order valence-electron chi connectivity index (χ2n) is 6.19. The van der Waals surface area contributed by atoms with Gasteiger partial charge >= 0.3 is 0 Å². The van der Waals surface area contributed by atoms with Gasteiger partial charge in [0.15, 0.2) is 0 Å². The topological polar surface area (TPSA) is 74.5 Å². The molecule has 0 saturated carbocycles. The smallest absolute Gasteiger partial charge is 0.295 e.